The second-order valence-electron chi connectivity index (χ2n) is 6.19. The largest absolute Gasteiger partial charge is 0.354 e. The lowest BCUT2D eigenvalue weighted by molar-refractivity contribution is -0.116. The van der Waals surface area contributed by atoms with Gasteiger partial charge in [-0.1, -0.05) is 0 Å². The van der Waals surface area contributed by atoms with Gasteiger partial charge in [-0.15, -0.1) is 11.3 Å². The third kappa shape index (κ3) is 3.65. The standard InChI is InChI=1S/C16H20N8OS/c1-12-10-14(24-15(20-12)18-11-19-24)23-7-5-22(6-8-23)4-2-13(25)21-16-17-3-9-26-16/h3,9-11H,2,4-8H2,1H3,(H,17,21,25). The van der Waals surface area contributed by atoms with Gasteiger partial charge in [0.2, 0.25) is 5.91 Å². The number of piperazine rings is 1. The molecule has 0 spiro atoms. The van der Waals surface area contributed by atoms with Gasteiger partial charge in [0.15, 0.2) is 5.13 Å². The van der Waals surface area contributed by atoms with E-state index < -0.39 is 0 Å². The van der Waals surface area contributed by atoms with Crippen LogP contribution in [-0.2, 0) is 4.79 Å². The van der Waals surface area contributed by atoms with Crippen molar-refractivity contribution >= 4 is 34.0 Å². The quantitative estimate of drug-likeness (QED) is 0.715. The molecule has 3 aromatic heterocycles. The summed E-state index contributed by atoms with van der Waals surface area (Å²) in [6.07, 6.45) is 3.69. The Hall–Kier alpha value is -2.59. The second kappa shape index (κ2) is 7.34. The van der Waals surface area contributed by atoms with Gasteiger partial charge >= 0.3 is 0 Å². The number of rotatable bonds is 5. The summed E-state index contributed by atoms with van der Waals surface area (Å²) in [5.41, 5.74) is 0.932. The van der Waals surface area contributed by atoms with Crippen molar-refractivity contribution in [2.24, 2.45) is 0 Å². The van der Waals surface area contributed by atoms with Crippen LogP contribution in [0.2, 0.25) is 0 Å². The van der Waals surface area contributed by atoms with Crippen molar-refractivity contribution in [1.82, 2.24) is 29.5 Å². The smallest absolute Gasteiger partial charge is 0.254 e. The summed E-state index contributed by atoms with van der Waals surface area (Å²) >= 11 is 1.43. The number of carbonyl (C=O) groups is 1. The molecule has 1 aliphatic rings. The molecule has 1 amide bonds. The number of anilines is 2. The average Bonchev–Trinajstić information content (AvgIpc) is 3.31. The number of hydrogen-bond acceptors (Lipinski definition) is 8. The van der Waals surface area contributed by atoms with Gasteiger partial charge < -0.3 is 10.2 Å². The zero-order valence-corrected chi connectivity index (χ0v) is 15.3. The minimum absolute atomic E-state index is 0.0106. The van der Waals surface area contributed by atoms with E-state index in [2.05, 4.69) is 35.2 Å². The normalized spacial score (nSPS) is 15.5. The molecule has 0 saturated carbocycles. The first-order valence-electron chi connectivity index (χ1n) is 8.53. The minimum atomic E-state index is 0.0106. The Morgan fingerprint density at radius 1 is 1.27 bits per heavy atom. The maximum atomic E-state index is 12.0. The summed E-state index contributed by atoms with van der Waals surface area (Å²) in [4.78, 5) is 29.2. The summed E-state index contributed by atoms with van der Waals surface area (Å²) in [5.74, 6) is 1.66. The molecule has 0 aliphatic carbocycles. The molecule has 10 heteroatoms. The molecule has 4 heterocycles. The van der Waals surface area contributed by atoms with Gasteiger partial charge in [0, 0.05) is 62.5 Å². The van der Waals surface area contributed by atoms with E-state index in [0.29, 0.717) is 17.3 Å². The van der Waals surface area contributed by atoms with Crippen LogP contribution in [-0.4, -0.2) is 68.1 Å². The van der Waals surface area contributed by atoms with Crippen LogP contribution in [0.3, 0.4) is 0 Å². The lowest BCUT2D eigenvalue weighted by Crippen LogP contribution is -2.47. The van der Waals surface area contributed by atoms with Crippen LogP contribution in [0.15, 0.2) is 24.0 Å². The van der Waals surface area contributed by atoms with Gasteiger partial charge in [-0.2, -0.15) is 14.6 Å². The molecule has 1 N–H and O–H groups in total. The van der Waals surface area contributed by atoms with Crippen molar-refractivity contribution in [3.8, 4) is 0 Å². The molecular formula is C16H20N8OS. The van der Waals surface area contributed by atoms with Crippen molar-refractivity contribution in [3.05, 3.63) is 29.7 Å². The number of aromatic nitrogens is 5. The maximum Gasteiger partial charge on any atom is 0.254 e. The highest BCUT2D eigenvalue weighted by Gasteiger charge is 2.20. The Morgan fingerprint density at radius 2 is 2.12 bits per heavy atom. The number of thiazole rings is 1. The molecule has 9 nitrogen and oxygen atoms in total. The van der Waals surface area contributed by atoms with Crippen molar-refractivity contribution in [2.75, 3.05) is 42.9 Å². The van der Waals surface area contributed by atoms with Gasteiger partial charge in [0.05, 0.1) is 0 Å². The molecule has 0 bridgehead atoms. The Kier molecular flexibility index (Phi) is 4.76. The monoisotopic (exact) mass is 372 g/mol. The fourth-order valence-corrected chi connectivity index (χ4v) is 3.61. The van der Waals surface area contributed by atoms with Crippen LogP contribution < -0.4 is 10.2 Å². The lowest BCUT2D eigenvalue weighted by atomic mass is 10.2. The Morgan fingerprint density at radius 3 is 2.88 bits per heavy atom. The van der Waals surface area contributed by atoms with Gasteiger partial charge in [-0.05, 0) is 6.92 Å². The van der Waals surface area contributed by atoms with E-state index in [4.69, 9.17) is 0 Å². The highest BCUT2D eigenvalue weighted by molar-refractivity contribution is 7.13. The predicted molar refractivity (Wildman–Crippen MR) is 99.5 cm³/mol. The first kappa shape index (κ1) is 16.9. The molecule has 1 saturated heterocycles. The molecular weight excluding hydrogens is 352 g/mol. The molecule has 0 atom stereocenters. The van der Waals surface area contributed by atoms with E-state index in [1.807, 2.05) is 18.4 Å². The van der Waals surface area contributed by atoms with E-state index in [-0.39, 0.29) is 5.91 Å². The van der Waals surface area contributed by atoms with E-state index in [1.54, 1.807) is 10.7 Å². The van der Waals surface area contributed by atoms with Crippen molar-refractivity contribution in [2.45, 2.75) is 13.3 Å². The number of nitrogens with one attached hydrogen (secondary N) is 1. The number of amides is 1. The fourth-order valence-electron chi connectivity index (χ4n) is 3.06. The number of fused-ring (bicyclic) bond motifs is 1. The molecule has 1 aliphatic heterocycles. The molecule has 0 unspecified atom stereocenters. The topological polar surface area (TPSA) is 91.5 Å². The average molecular weight is 372 g/mol. The molecule has 1 fully saturated rings. The number of carbonyl (C=O) groups excluding carboxylic acids is 1. The maximum absolute atomic E-state index is 12.0. The van der Waals surface area contributed by atoms with Gasteiger partial charge in [0.1, 0.15) is 12.1 Å². The molecule has 136 valence electrons. The lowest BCUT2D eigenvalue weighted by Gasteiger charge is -2.35. The van der Waals surface area contributed by atoms with Crippen molar-refractivity contribution < 1.29 is 4.79 Å². The first-order chi connectivity index (χ1) is 12.7. The van der Waals surface area contributed by atoms with Crippen LogP contribution in [0, 0.1) is 6.92 Å². The predicted octanol–water partition coefficient (Wildman–Crippen LogP) is 1.04. The number of hydrogen-bond donors (Lipinski definition) is 1. The fraction of sp³-hybridized carbons (Fsp3) is 0.438. The molecule has 3 aromatic rings. The van der Waals surface area contributed by atoms with Crippen LogP contribution in [0.4, 0.5) is 10.9 Å². The molecule has 0 aromatic carbocycles. The first-order valence-corrected chi connectivity index (χ1v) is 9.41. The highest BCUT2D eigenvalue weighted by atomic mass is 32.1. The molecule has 26 heavy (non-hydrogen) atoms. The van der Waals surface area contributed by atoms with E-state index in [1.165, 1.54) is 17.7 Å². The van der Waals surface area contributed by atoms with Crippen molar-refractivity contribution in [3.63, 3.8) is 0 Å². The summed E-state index contributed by atoms with van der Waals surface area (Å²) in [5, 5.41) is 9.61. The summed E-state index contributed by atoms with van der Waals surface area (Å²) in [6, 6.07) is 2.04. The SMILES string of the molecule is Cc1cc(N2CCN(CCC(=O)Nc3nccs3)CC2)n2ncnc2n1. The molecule has 0 radical (unpaired) electrons. The third-order valence-corrected chi connectivity index (χ3v) is 5.08. The number of aryl methyl sites for hydroxylation is 1. The van der Waals surface area contributed by atoms with Crippen LogP contribution >= 0.6 is 11.3 Å². The minimum Gasteiger partial charge on any atom is -0.354 e. The zero-order chi connectivity index (χ0) is 17.9. The van der Waals surface area contributed by atoms with E-state index in [9.17, 15) is 4.79 Å². The van der Waals surface area contributed by atoms with Gasteiger partial charge in [-0.3, -0.25) is 9.69 Å². The third-order valence-electron chi connectivity index (χ3n) is 4.39. The molecule has 4 rings (SSSR count). The summed E-state index contributed by atoms with van der Waals surface area (Å²) in [6.45, 7) is 6.29. The van der Waals surface area contributed by atoms with Crippen LogP contribution in [0.25, 0.3) is 5.78 Å². The van der Waals surface area contributed by atoms with E-state index >= 15 is 0 Å². The van der Waals surface area contributed by atoms with Crippen LogP contribution in [0.5, 0.6) is 0 Å². The van der Waals surface area contributed by atoms with E-state index in [0.717, 1.165) is 44.2 Å². The van der Waals surface area contributed by atoms with Crippen LogP contribution in [0.1, 0.15) is 12.1 Å². The highest BCUT2D eigenvalue weighted by Crippen LogP contribution is 2.18. The second-order valence-corrected chi connectivity index (χ2v) is 7.09. The summed E-state index contributed by atoms with van der Waals surface area (Å²) < 4.78 is 1.78. The Bertz CT molecular complexity index is 885. The van der Waals surface area contributed by atoms with Crippen molar-refractivity contribution in [1.29, 1.82) is 0 Å². The zero-order valence-electron chi connectivity index (χ0n) is 14.5. The summed E-state index contributed by atoms with van der Waals surface area (Å²) in [7, 11) is 0. The van der Waals surface area contributed by atoms with Gasteiger partial charge in [-0.25, -0.2) is 9.97 Å². The number of nitrogens with zero attached hydrogens (tertiary/aromatic N) is 7. The Labute approximate surface area is 154 Å². The Balaban J connectivity index is 1.31. The van der Waals surface area contributed by atoms with Gasteiger partial charge in [0.25, 0.3) is 5.78 Å².